The van der Waals surface area contributed by atoms with Crippen molar-refractivity contribution < 1.29 is 13.2 Å². The van der Waals surface area contributed by atoms with Crippen molar-refractivity contribution >= 4 is 15.9 Å². The van der Waals surface area contributed by atoms with Crippen molar-refractivity contribution in [2.75, 3.05) is 25.4 Å². The Kier molecular flexibility index (Phi) is 7.55. The van der Waals surface area contributed by atoms with Crippen LogP contribution in [-0.4, -0.2) is 44.0 Å². The Balaban J connectivity index is 1.81. The minimum Gasteiger partial charge on any atom is -0.355 e. The minimum absolute atomic E-state index is 0.00572. The van der Waals surface area contributed by atoms with Gasteiger partial charge in [-0.15, -0.1) is 0 Å². The van der Waals surface area contributed by atoms with Crippen LogP contribution < -0.4 is 5.32 Å². The molecular weight excluding hydrogens is 408 g/mol. The molecule has 1 aliphatic rings. The molecule has 2 aromatic carbocycles. The molecule has 5 nitrogen and oxygen atoms in total. The van der Waals surface area contributed by atoms with E-state index in [0.29, 0.717) is 38.4 Å². The van der Waals surface area contributed by atoms with E-state index in [9.17, 15) is 13.2 Å². The van der Waals surface area contributed by atoms with Crippen molar-refractivity contribution in [2.45, 2.75) is 44.9 Å². The normalized spacial score (nSPS) is 17.9. The third-order valence-corrected chi connectivity index (χ3v) is 8.49. The van der Waals surface area contributed by atoms with Gasteiger partial charge in [-0.1, -0.05) is 74.5 Å². The summed E-state index contributed by atoms with van der Waals surface area (Å²) in [5.41, 5.74) is 1.47. The van der Waals surface area contributed by atoms with E-state index in [1.165, 1.54) is 9.87 Å². The number of benzene rings is 2. The van der Waals surface area contributed by atoms with Crippen LogP contribution in [0.25, 0.3) is 0 Å². The van der Waals surface area contributed by atoms with E-state index in [1.807, 2.05) is 48.5 Å². The third-order valence-electron chi connectivity index (χ3n) is 6.61. The van der Waals surface area contributed by atoms with Gasteiger partial charge in [0.25, 0.3) is 0 Å². The summed E-state index contributed by atoms with van der Waals surface area (Å²) < 4.78 is 26.2. The van der Waals surface area contributed by atoms with Gasteiger partial charge in [-0.2, -0.15) is 0 Å². The highest BCUT2D eigenvalue weighted by atomic mass is 32.2. The van der Waals surface area contributed by atoms with Gasteiger partial charge in [-0.3, -0.25) is 4.79 Å². The fraction of sp³-hybridized carbons (Fsp3) is 0.480. The lowest BCUT2D eigenvalue weighted by atomic mass is 9.72. The van der Waals surface area contributed by atoms with Crippen LogP contribution in [-0.2, 0) is 20.2 Å². The summed E-state index contributed by atoms with van der Waals surface area (Å²) in [7, 11) is -3.25. The lowest BCUT2D eigenvalue weighted by Gasteiger charge is -2.40. The number of rotatable bonds is 8. The van der Waals surface area contributed by atoms with Gasteiger partial charge in [-0.25, -0.2) is 12.7 Å². The number of hydrogen-bond donors (Lipinski definition) is 1. The summed E-state index contributed by atoms with van der Waals surface area (Å²) in [5, 5.41) is 3.23. The highest BCUT2D eigenvalue weighted by Gasteiger charge is 2.44. The highest BCUT2D eigenvalue weighted by molar-refractivity contribution is 7.89. The molecule has 0 saturated carbocycles. The van der Waals surface area contributed by atoms with Gasteiger partial charge >= 0.3 is 0 Å². The zero-order chi connectivity index (χ0) is 22.5. The van der Waals surface area contributed by atoms with Crippen molar-refractivity contribution in [1.82, 2.24) is 9.62 Å². The van der Waals surface area contributed by atoms with Gasteiger partial charge in [0.2, 0.25) is 15.9 Å². The molecule has 0 aliphatic carbocycles. The van der Waals surface area contributed by atoms with Crippen molar-refractivity contribution in [3.8, 4) is 0 Å². The van der Waals surface area contributed by atoms with E-state index in [2.05, 4.69) is 31.3 Å². The average molecular weight is 443 g/mol. The second kappa shape index (κ2) is 9.96. The number of piperidine rings is 1. The summed E-state index contributed by atoms with van der Waals surface area (Å²) in [4.78, 5) is 13.6. The SMILES string of the molecule is CCS(=O)(=O)N1CCC(C(=O)NCC(c2ccccc2)C(C)C)(c2ccccc2)CC1. The maximum absolute atomic E-state index is 13.6. The van der Waals surface area contributed by atoms with E-state index in [0.717, 1.165) is 5.56 Å². The molecule has 1 fully saturated rings. The number of nitrogens with one attached hydrogen (secondary N) is 1. The van der Waals surface area contributed by atoms with Crippen LogP contribution in [0.1, 0.15) is 50.7 Å². The smallest absolute Gasteiger partial charge is 0.230 e. The van der Waals surface area contributed by atoms with Gasteiger partial charge < -0.3 is 5.32 Å². The first-order chi connectivity index (χ1) is 14.8. The second-order valence-corrected chi connectivity index (χ2v) is 11.0. The number of nitrogens with zero attached hydrogens (tertiary/aromatic N) is 1. The molecule has 1 amide bonds. The Morgan fingerprint density at radius 3 is 2.06 bits per heavy atom. The molecule has 168 valence electrons. The van der Waals surface area contributed by atoms with Crippen LogP contribution in [0.15, 0.2) is 60.7 Å². The Morgan fingerprint density at radius 2 is 1.55 bits per heavy atom. The molecule has 1 heterocycles. The van der Waals surface area contributed by atoms with Crippen molar-refractivity contribution in [3.63, 3.8) is 0 Å². The molecule has 1 saturated heterocycles. The average Bonchev–Trinajstić information content (AvgIpc) is 2.80. The highest BCUT2D eigenvalue weighted by Crippen LogP contribution is 2.37. The Labute approximate surface area is 186 Å². The largest absolute Gasteiger partial charge is 0.355 e. The molecular formula is C25H34N2O3S. The van der Waals surface area contributed by atoms with Gasteiger partial charge in [0, 0.05) is 25.6 Å². The van der Waals surface area contributed by atoms with Crippen molar-refractivity contribution in [3.05, 3.63) is 71.8 Å². The number of sulfonamides is 1. The monoisotopic (exact) mass is 442 g/mol. The molecule has 0 bridgehead atoms. The van der Waals surface area contributed by atoms with E-state index in [1.54, 1.807) is 6.92 Å². The molecule has 31 heavy (non-hydrogen) atoms. The lowest BCUT2D eigenvalue weighted by Crippen LogP contribution is -2.53. The number of hydrogen-bond acceptors (Lipinski definition) is 3. The molecule has 6 heteroatoms. The second-order valence-electron chi connectivity index (χ2n) is 8.72. The van der Waals surface area contributed by atoms with Crippen LogP contribution in [0.3, 0.4) is 0 Å². The number of carbonyl (C=O) groups is 1. The van der Waals surface area contributed by atoms with Crippen LogP contribution in [0.2, 0.25) is 0 Å². The van der Waals surface area contributed by atoms with Crippen molar-refractivity contribution in [2.24, 2.45) is 5.92 Å². The molecule has 1 N–H and O–H groups in total. The number of amides is 1. The van der Waals surface area contributed by atoms with E-state index >= 15 is 0 Å². The van der Waals surface area contributed by atoms with E-state index < -0.39 is 15.4 Å². The maximum Gasteiger partial charge on any atom is 0.230 e. The molecule has 1 atom stereocenters. The minimum atomic E-state index is -3.25. The topological polar surface area (TPSA) is 66.5 Å². The van der Waals surface area contributed by atoms with Crippen LogP contribution >= 0.6 is 0 Å². The van der Waals surface area contributed by atoms with E-state index in [4.69, 9.17) is 0 Å². The van der Waals surface area contributed by atoms with Crippen LogP contribution in [0.4, 0.5) is 0 Å². The first kappa shape index (κ1) is 23.5. The predicted molar refractivity (Wildman–Crippen MR) is 125 cm³/mol. The molecule has 1 unspecified atom stereocenters. The van der Waals surface area contributed by atoms with Gasteiger partial charge in [0.1, 0.15) is 0 Å². The molecule has 0 aromatic heterocycles. The zero-order valence-electron chi connectivity index (χ0n) is 18.8. The summed E-state index contributed by atoms with van der Waals surface area (Å²) in [6, 6.07) is 20.1. The predicted octanol–water partition coefficient (Wildman–Crippen LogP) is 3.93. The maximum atomic E-state index is 13.6. The number of carbonyl (C=O) groups excluding carboxylic acids is 1. The van der Waals surface area contributed by atoms with Gasteiger partial charge in [0.15, 0.2) is 0 Å². The molecule has 1 aliphatic heterocycles. The Morgan fingerprint density at radius 1 is 1.00 bits per heavy atom. The van der Waals surface area contributed by atoms with E-state index in [-0.39, 0.29) is 17.6 Å². The fourth-order valence-electron chi connectivity index (χ4n) is 4.54. The zero-order valence-corrected chi connectivity index (χ0v) is 19.6. The summed E-state index contributed by atoms with van der Waals surface area (Å²) in [6.45, 7) is 7.30. The Hall–Kier alpha value is -2.18. The molecule has 0 radical (unpaired) electrons. The summed E-state index contributed by atoms with van der Waals surface area (Å²) in [5.74, 6) is 0.685. The molecule has 2 aromatic rings. The van der Waals surface area contributed by atoms with Gasteiger partial charge in [-0.05, 0) is 36.8 Å². The summed E-state index contributed by atoms with van der Waals surface area (Å²) in [6.07, 6.45) is 0.972. The first-order valence-electron chi connectivity index (χ1n) is 11.2. The molecule has 0 spiro atoms. The van der Waals surface area contributed by atoms with Crippen LogP contribution in [0, 0.1) is 5.92 Å². The van der Waals surface area contributed by atoms with Crippen LogP contribution in [0.5, 0.6) is 0 Å². The Bertz CT molecular complexity index is 951. The standard InChI is InChI=1S/C25H34N2O3S/c1-4-31(29,30)27-17-15-25(16-18-27,22-13-9-6-10-14-22)24(28)26-19-23(20(2)3)21-11-7-5-8-12-21/h5-14,20,23H,4,15-19H2,1-3H3,(H,26,28). The lowest BCUT2D eigenvalue weighted by molar-refractivity contribution is -0.128. The van der Waals surface area contributed by atoms with Crippen molar-refractivity contribution in [1.29, 1.82) is 0 Å². The summed E-state index contributed by atoms with van der Waals surface area (Å²) >= 11 is 0. The quantitative estimate of drug-likeness (QED) is 0.674. The molecule has 3 rings (SSSR count). The van der Waals surface area contributed by atoms with Gasteiger partial charge in [0.05, 0.1) is 11.2 Å². The third kappa shape index (κ3) is 5.18. The first-order valence-corrected chi connectivity index (χ1v) is 12.8. The fourth-order valence-corrected chi connectivity index (χ4v) is 5.65.